The molecule has 1 unspecified atom stereocenters. The molecule has 0 aliphatic carbocycles. The number of aliphatic hydroxyl groups excluding tert-OH is 1. The third-order valence-corrected chi connectivity index (χ3v) is 4.98. The predicted octanol–water partition coefficient (Wildman–Crippen LogP) is 4.07. The molecule has 3 heterocycles. The van der Waals surface area contributed by atoms with Gasteiger partial charge in [-0.1, -0.05) is 23.7 Å². The van der Waals surface area contributed by atoms with E-state index in [2.05, 4.69) is 15.0 Å². The van der Waals surface area contributed by atoms with Gasteiger partial charge < -0.3 is 15.0 Å². The van der Waals surface area contributed by atoms with Crippen molar-refractivity contribution in [1.82, 2.24) is 19.9 Å². The molecule has 4 rings (SSSR count). The zero-order chi connectivity index (χ0) is 20.5. The average Bonchev–Trinajstić information content (AvgIpc) is 3.16. The topological polar surface area (TPSA) is 82.1 Å². The number of H-pyrrole nitrogens is 1. The Morgan fingerprint density at radius 1 is 1.10 bits per heavy atom. The van der Waals surface area contributed by atoms with Crippen LogP contribution >= 0.6 is 11.6 Å². The van der Waals surface area contributed by atoms with E-state index in [-0.39, 0.29) is 0 Å². The maximum Gasteiger partial charge on any atom is 0.255 e. The Kier molecular flexibility index (Phi) is 5.05. The van der Waals surface area contributed by atoms with E-state index in [1.54, 1.807) is 32.6 Å². The number of benzene rings is 1. The van der Waals surface area contributed by atoms with E-state index in [1.165, 1.54) is 11.1 Å². The molecule has 1 amide bonds. The molecule has 3 aromatic heterocycles. The maximum atomic E-state index is 12.1. The molecule has 0 aliphatic heterocycles. The molecule has 0 fully saturated rings. The van der Waals surface area contributed by atoms with Crippen molar-refractivity contribution in [2.24, 2.45) is 0 Å². The van der Waals surface area contributed by atoms with E-state index in [0.717, 1.165) is 33.3 Å². The van der Waals surface area contributed by atoms with Crippen LogP contribution in [-0.2, 0) is 4.79 Å². The van der Waals surface area contributed by atoms with Crippen molar-refractivity contribution in [3.63, 3.8) is 0 Å². The summed E-state index contributed by atoms with van der Waals surface area (Å²) in [4.78, 5) is 25.3. The Morgan fingerprint density at radius 3 is 2.66 bits per heavy atom. The lowest BCUT2D eigenvalue weighted by molar-refractivity contribution is -0.137. The van der Waals surface area contributed by atoms with Gasteiger partial charge >= 0.3 is 0 Å². The summed E-state index contributed by atoms with van der Waals surface area (Å²) in [6.45, 7) is 0. The van der Waals surface area contributed by atoms with Crippen molar-refractivity contribution in [2.75, 3.05) is 14.1 Å². The minimum atomic E-state index is -1.26. The Bertz CT molecular complexity index is 1200. The predicted molar refractivity (Wildman–Crippen MR) is 113 cm³/mol. The fraction of sp³-hybridized carbons (Fsp3) is 0.136. The number of likely N-dealkylation sites (N-methyl/N-ethyl adjacent to an activating group) is 1. The van der Waals surface area contributed by atoms with Crippen LogP contribution in [0, 0.1) is 0 Å². The molecule has 1 atom stereocenters. The van der Waals surface area contributed by atoms with Crippen molar-refractivity contribution in [3.05, 3.63) is 71.8 Å². The van der Waals surface area contributed by atoms with Gasteiger partial charge in [0.15, 0.2) is 6.10 Å². The fourth-order valence-electron chi connectivity index (χ4n) is 3.21. The summed E-state index contributed by atoms with van der Waals surface area (Å²) in [5.74, 6) is -0.397. The summed E-state index contributed by atoms with van der Waals surface area (Å²) in [6.07, 6.45) is 5.56. The lowest BCUT2D eigenvalue weighted by Gasteiger charge is -2.16. The highest BCUT2D eigenvalue weighted by molar-refractivity contribution is 6.30. The molecule has 0 saturated carbocycles. The molecule has 0 saturated heterocycles. The number of aliphatic hydroxyl groups is 1. The number of rotatable bonds is 4. The smallest absolute Gasteiger partial charge is 0.255 e. The summed E-state index contributed by atoms with van der Waals surface area (Å²) >= 11 is 6.15. The number of hydrogen-bond acceptors (Lipinski definition) is 4. The van der Waals surface area contributed by atoms with E-state index in [9.17, 15) is 9.90 Å². The quantitative estimate of drug-likeness (QED) is 0.535. The molecule has 0 bridgehead atoms. The zero-order valence-corrected chi connectivity index (χ0v) is 16.7. The van der Waals surface area contributed by atoms with E-state index < -0.39 is 12.0 Å². The van der Waals surface area contributed by atoms with E-state index in [4.69, 9.17) is 11.6 Å². The van der Waals surface area contributed by atoms with Crippen LogP contribution in [0.25, 0.3) is 33.3 Å². The largest absolute Gasteiger partial charge is 0.378 e. The van der Waals surface area contributed by atoms with Crippen molar-refractivity contribution >= 4 is 28.5 Å². The number of pyridine rings is 2. The highest BCUT2D eigenvalue weighted by atomic mass is 35.5. The number of carbonyl (C=O) groups excluding carboxylic acids is 1. The second kappa shape index (κ2) is 7.66. The van der Waals surface area contributed by atoms with Gasteiger partial charge in [0, 0.05) is 71.5 Å². The molecule has 1 aromatic carbocycles. The van der Waals surface area contributed by atoms with Gasteiger partial charge in [-0.05, 0) is 29.8 Å². The number of fused-ring (bicyclic) bond motifs is 1. The summed E-state index contributed by atoms with van der Waals surface area (Å²) in [5, 5.41) is 11.9. The number of amides is 1. The highest BCUT2D eigenvalue weighted by Gasteiger charge is 2.20. The number of halogens is 1. The second-order valence-electron chi connectivity index (χ2n) is 6.98. The zero-order valence-electron chi connectivity index (χ0n) is 15.9. The number of aromatic amines is 1. The summed E-state index contributed by atoms with van der Waals surface area (Å²) in [5.41, 5.74) is 4.77. The first-order valence-corrected chi connectivity index (χ1v) is 9.39. The van der Waals surface area contributed by atoms with Gasteiger partial charge in [0.25, 0.3) is 5.91 Å². The Balaban J connectivity index is 1.76. The van der Waals surface area contributed by atoms with Crippen LogP contribution < -0.4 is 0 Å². The molecule has 4 aromatic rings. The molecule has 7 heteroatoms. The van der Waals surface area contributed by atoms with Crippen LogP contribution in [0.1, 0.15) is 11.7 Å². The monoisotopic (exact) mass is 406 g/mol. The normalized spacial score (nSPS) is 12.1. The fourth-order valence-corrected chi connectivity index (χ4v) is 3.40. The second-order valence-corrected chi connectivity index (χ2v) is 7.41. The van der Waals surface area contributed by atoms with E-state index in [0.29, 0.717) is 10.6 Å². The lowest BCUT2D eigenvalue weighted by Crippen LogP contribution is -2.28. The highest BCUT2D eigenvalue weighted by Crippen LogP contribution is 2.32. The van der Waals surface area contributed by atoms with Crippen LogP contribution in [0.15, 0.2) is 61.2 Å². The Labute approximate surface area is 172 Å². The Morgan fingerprint density at radius 2 is 1.90 bits per heavy atom. The lowest BCUT2D eigenvalue weighted by atomic mass is 10.0. The molecule has 146 valence electrons. The molecule has 0 aliphatic rings. The third-order valence-electron chi connectivity index (χ3n) is 4.75. The first-order valence-electron chi connectivity index (χ1n) is 9.01. The average molecular weight is 407 g/mol. The van der Waals surface area contributed by atoms with Gasteiger partial charge in [-0.25, -0.2) is 4.98 Å². The SMILES string of the molecule is CN(C)C(=O)C(O)c1cncc(-c2cnc3[nH]cc(-c4cccc(Cl)c4)c3c2)c1. The van der Waals surface area contributed by atoms with Crippen molar-refractivity contribution in [2.45, 2.75) is 6.10 Å². The first-order chi connectivity index (χ1) is 13.9. The molecule has 2 N–H and O–H groups in total. The summed E-state index contributed by atoms with van der Waals surface area (Å²) in [6, 6.07) is 11.4. The number of nitrogens with zero attached hydrogens (tertiary/aromatic N) is 3. The van der Waals surface area contributed by atoms with Crippen LogP contribution in [0.2, 0.25) is 5.02 Å². The number of aromatic nitrogens is 3. The van der Waals surface area contributed by atoms with Crippen LogP contribution in [0.3, 0.4) is 0 Å². The standard InChI is InChI=1S/C22H19ClN4O2/c1-27(2)22(29)20(28)16-6-14(9-24-10-16)15-8-18-19(12-26-21(18)25-11-15)13-4-3-5-17(23)7-13/h3-12,20,28H,1-2H3,(H,25,26). The van der Waals surface area contributed by atoms with Gasteiger partial charge in [0.2, 0.25) is 0 Å². The van der Waals surface area contributed by atoms with E-state index in [1.807, 2.05) is 36.5 Å². The third kappa shape index (κ3) is 3.72. The van der Waals surface area contributed by atoms with E-state index >= 15 is 0 Å². The molecule has 6 nitrogen and oxygen atoms in total. The first kappa shape index (κ1) is 19.1. The minimum Gasteiger partial charge on any atom is -0.378 e. The number of carbonyl (C=O) groups is 1. The van der Waals surface area contributed by atoms with Gasteiger partial charge in [-0.3, -0.25) is 9.78 Å². The summed E-state index contributed by atoms with van der Waals surface area (Å²) in [7, 11) is 3.20. The van der Waals surface area contributed by atoms with Gasteiger partial charge in [0.05, 0.1) is 0 Å². The number of hydrogen-bond donors (Lipinski definition) is 2. The molecular formula is C22H19ClN4O2. The van der Waals surface area contributed by atoms with Crippen molar-refractivity contribution in [3.8, 4) is 22.3 Å². The van der Waals surface area contributed by atoms with Crippen LogP contribution in [0.5, 0.6) is 0 Å². The maximum absolute atomic E-state index is 12.1. The van der Waals surface area contributed by atoms with Gasteiger partial charge in [0.1, 0.15) is 5.65 Å². The molecule has 29 heavy (non-hydrogen) atoms. The Hall–Kier alpha value is -3.22. The molecule has 0 radical (unpaired) electrons. The van der Waals surface area contributed by atoms with Crippen LogP contribution in [-0.4, -0.2) is 45.0 Å². The molecule has 0 spiro atoms. The molecular weight excluding hydrogens is 388 g/mol. The van der Waals surface area contributed by atoms with Gasteiger partial charge in [-0.2, -0.15) is 0 Å². The summed E-state index contributed by atoms with van der Waals surface area (Å²) < 4.78 is 0. The van der Waals surface area contributed by atoms with Gasteiger partial charge in [-0.15, -0.1) is 0 Å². The van der Waals surface area contributed by atoms with Crippen LogP contribution in [0.4, 0.5) is 0 Å². The van der Waals surface area contributed by atoms with Crippen molar-refractivity contribution < 1.29 is 9.90 Å². The van der Waals surface area contributed by atoms with Crippen molar-refractivity contribution in [1.29, 1.82) is 0 Å². The minimum absolute atomic E-state index is 0.397. The number of nitrogens with one attached hydrogen (secondary N) is 1.